The van der Waals surface area contributed by atoms with E-state index in [-0.39, 0.29) is 21.7 Å². The average Bonchev–Trinajstić information content (AvgIpc) is 2.71. The zero-order valence-corrected chi connectivity index (χ0v) is 18.0. The Morgan fingerprint density at radius 3 is 2.48 bits per heavy atom. The minimum Gasteiger partial charge on any atom is -0.480 e. The van der Waals surface area contributed by atoms with Crippen LogP contribution >= 0.6 is 23.2 Å². The molecule has 1 atom stereocenters. The van der Waals surface area contributed by atoms with Gasteiger partial charge in [-0.2, -0.15) is 13.2 Å². The van der Waals surface area contributed by atoms with Crippen molar-refractivity contribution in [3.63, 3.8) is 0 Å². The van der Waals surface area contributed by atoms with Crippen molar-refractivity contribution in [2.75, 3.05) is 11.1 Å². The number of nitrogens with two attached hydrogens (primary N) is 1. The summed E-state index contributed by atoms with van der Waals surface area (Å²) in [6.07, 6.45) is -6.14. The summed E-state index contributed by atoms with van der Waals surface area (Å²) in [5.41, 5.74) is 3.94. The molecule has 0 saturated heterocycles. The van der Waals surface area contributed by atoms with Crippen LogP contribution in [0, 0.1) is 11.6 Å². The maximum Gasteiger partial charge on any atom is 0.425 e. The molecule has 33 heavy (non-hydrogen) atoms. The van der Waals surface area contributed by atoms with Crippen molar-refractivity contribution in [2.24, 2.45) is 0 Å². The molecule has 0 aliphatic carbocycles. The van der Waals surface area contributed by atoms with Crippen LogP contribution in [0.1, 0.15) is 17.3 Å². The van der Waals surface area contributed by atoms with Crippen molar-refractivity contribution >= 4 is 40.6 Å². The van der Waals surface area contributed by atoms with Gasteiger partial charge in [-0.05, 0) is 31.2 Å². The van der Waals surface area contributed by atoms with E-state index in [9.17, 15) is 26.7 Å². The largest absolute Gasteiger partial charge is 0.480 e. The molecule has 0 bridgehead atoms. The summed E-state index contributed by atoms with van der Waals surface area (Å²) in [5, 5.41) is 1.82. The molecule has 13 heteroatoms. The number of rotatable bonds is 5. The number of ether oxygens (including phenoxy) is 1. The van der Waals surface area contributed by atoms with Crippen molar-refractivity contribution in [2.45, 2.75) is 19.2 Å². The first-order valence-corrected chi connectivity index (χ1v) is 9.74. The summed E-state index contributed by atoms with van der Waals surface area (Å²) < 4.78 is 73.2. The van der Waals surface area contributed by atoms with E-state index >= 15 is 0 Å². The molecule has 0 aliphatic heterocycles. The Kier molecular flexibility index (Phi) is 6.94. The van der Waals surface area contributed by atoms with Gasteiger partial charge in [0.15, 0.2) is 11.9 Å². The first kappa shape index (κ1) is 24.5. The van der Waals surface area contributed by atoms with E-state index in [4.69, 9.17) is 33.7 Å². The number of aromatic nitrogens is 2. The number of hydrogen-bond acceptors (Lipinski definition) is 5. The Hall–Kier alpha value is -3.18. The highest BCUT2D eigenvalue weighted by Gasteiger charge is 2.39. The number of amides is 1. The van der Waals surface area contributed by atoms with Crippen molar-refractivity contribution in [1.29, 1.82) is 0 Å². The third kappa shape index (κ3) is 5.42. The Morgan fingerprint density at radius 2 is 1.88 bits per heavy atom. The Labute approximate surface area is 193 Å². The third-order valence-electron chi connectivity index (χ3n) is 4.31. The second-order valence-corrected chi connectivity index (χ2v) is 7.40. The Morgan fingerprint density at radius 1 is 1.18 bits per heavy atom. The van der Waals surface area contributed by atoms with Gasteiger partial charge in [-0.25, -0.2) is 18.7 Å². The molecule has 1 unspecified atom stereocenters. The average molecular weight is 507 g/mol. The molecular formula is C20H13Cl2F5N4O2. The lowest BCUT2D eigenvalue weighted by atomic mass is 10.1. The van der Waals surface area contributed by atoms with Crippen LogP contribution in [0.5, 0.6) is 5.75 Å². The van der Waals surface area contributed by atoms with Gasteiger partial charge < -0.3 is 15.8 Å². The van der Waals surface area contributed by atoms with Gasteiger partial charge in [-0.15, -0.1) is 0 Å². The third-order valence-corrected chi connectivity index (χ3v) is 4.80. The quantitative estimate of drug-likeness (QED) is 0.421. The van der Waals surface area contributed by atoms with Gasteiger partial charge in [0, 0.05) is 5.56 Å². The molecule has 2 aromatic carbocycles. The molecule has 0 aliphatic rings. The van der Waals surface area contributed by atoms with E-state index in [0.717, 1.165) is 18.3 Å². The fourth-order valence-electron chi connectivity index (χ4n) is 2.65. The molecule has 0 saturated carbocycles. The first-order chi connectivity index (χ1) is 15.4. The zero-order chi connectivity index (χ0) is 24.5. The molecule has 3 N–H and O–H groups in total. The lowest BCUT2D eigenvalue weighted by molar-refractivity contribution is -0.189. The molecule has 1 amide bonds. The van der Waals surface area contributed by atoms with Gasteiger partial charge in [0.2, 0.25) is 0 Å². The minimum absolute atomic E-state index is 0.100. The van der Waals surface area contributed by atoms with Crippen LogP contribution in [-0.2, 0) is 0 Å². The van der Waals surface area contributed by atoms with Gasteiger partial charge in [0.1, 0.15) is 28.2 Å². The number of nitrogen functional groups attached to an aromatic ring is 1. The molecule has 6 nitrogen and oxygen atoms in total. The normalized spacial score (nSPS) is 12.4. The van der Waals surface area contributed by atoms with E-state index in [1.807, 2.05) is 0 Å². The van der Waals surface area contributed by atoms with Gasteiger partial charge in [-0.1, -0.05) is 29.3 Å². The molecule has 174 valence electrons. The molecular weight excluding hydrogens is 494 g/mol. The summed E-state index contributed by atoms with van der Waals surface area (Å²) in [7, 11) is 0. The Balaban J connectivity index is 2.12. The molecule has 0 spiro atoms. The number of nitrogens with one attached hydrogen (secondary N) is 1. The number of benzene rings is 2. The number of carbonyl (C=O) groups excluding carboxylic acids is 1. The number of para-hydroxylation sites is 1. The number of anilines is 2. The van der Waals surface area contributed by atoms with Gasteiger partial charge in [0.25, 0.3) is 5.91 Å². The van der Waals surface area contributed by atoms with Crippen LogP contribution in [0.2, 0.25) is 10.2 Å². The second kappa shape index (κ2) is 9.36. The number of nitrogens with zero attached hydrogens (tertiary/aromatic N) is 2. The van der Waals surface area contributed by atoms with E-state index in [1.54, 1.807) is 0 Å². The summed E-state index contributed by atoms with van der Waals surface area (Å²) in [6, 6.07) is 4.96. The maximum atomic E-state index is 14.9. The molecule has 1 aromatic heterocycles. The van der Waals surface area contributed by atoms with Crippen molar-refractivity contribution in [3.8, 4) is 17.0 Å². The van der Waals surface area contributed by atoms with Gasteiger partial charge in [-0.3, -0.25) is 4.79 Å². The Bertz CT molecular complexity index is 1200. The summed E-state index contributed by atoms with van der Waals surface area (Å²) in [4.78, 5) is 20.3. The van der Waals surface area contributed by atoms with Crippen LogP contribution in [0.15, 0.2) is 36.5 Å². The van der Waals surface area contributed by atoms with Crippen LogP contribution < -0.4 is 15.8 Å². The highest BCUT2D eigenvalue weighted by molar-refractivity contribution is 6.34. The lowest BCUT2D eigenvalue weighted by Gasteiger charge is -2.21. The lowest BCUT2D eigenvalue weighted by Crippen LogP contribution is -2.32. The fourth-order valence-corrected chi connectivity index (χ4v) is 3.00. The second-order valence-electron chi connectivity index (χ2n) is 6.61. The van der Waals surface area contributed by atoms with Crippen molar-refractivity contribution in [1.82, 2.24) is 9.97 Å². The summed E-state index contributed by atoms with van der Waals surface area (Å²) in [5.74, 6) is -4.16. The number of halogens is 7. The summed E-state index contributed by atoms with van der Waals surface area (Å²) in [6.45, 7) is 0.689. The van der Waals surface area contributed by atoms with E-state index in [0.29, 0.717) is 13.0 Å². The highest BCUT2D eigenvalue weighted by atomic mass is 35.5. The predicted molar refractivity (Wildman–Crippen MR) is 112 cm³/mol. The minimum atomic E-state index is -4.81. The van der Waals surface area contributed by atoms with Crippen LogP contribution in [-0.4, -0.2) is 28.2 Å². The fraction of sp³-hybridized carbons (Fsp3) is 0.150. The molecule has 3 aromatic rings. The van der Waals surface area contributed by atoms with Crippen LogP contribution in [0.3, 0.4) is 0 Å². The highest BCUT2D eigenvalue weighted by Crippen LogP contribution is 2.35. The molecule has 0 radical (unpaired) electrons. The molecule has 3 rings (SSSR count). The standard InChI is InChI=1S/C20H13Cl2F5N4O2/c1-8(20(25,26)27)33-14-6-9(16-18(28)30-15(22)7-29-16)13(24)5-10(14)19(32)31-17-11(21)3-2-4-12(17)23/h2-8H,1H3,(H2,28,30)(H,31,32). The number of hydrogen-bond donors (Lipinski definition) is 2. The van der Waals surface area contributed by atoms with Crippen LogP contribution in [0.4, 0.5) is 33.5 Å². The predicted octanol–water partition coefficient (Wildman–Crippen LogP) is 5.89. The van der Waals surface area contributed by atoms with E-state index < -0.39 is 52.4 Å². The summed E-state index contributed by atoms with van der Waals surface area (Å²) >= 11 is 11.5. The van der Waals surface area contributed by atoms with E-state index in [2.05, 4.69) is 15.3 Å². The smallest absolute Gasteiger partial charge is 0.425 e. The van der Waals surface area contributed by atoms with Gasteiger partial charge >= 0.3 is 6.18 Å². The van der Waals surface area contributed by atoms with Crippen LogP contribution in [0.25, 0.3) is 11.3 Å². The van der Waals surface area contributed by atoms with Crippen molar-refractivity contribution < 1.29 is 31.5 Å². The maximum absolute atomic E-state index is 14.9. The van der Waals surface area contributed by atoms with Gasteiger partial charge in [0.05, 0.1) is 22.5 Å². The molecule has 0 fully saturated rings. The SMILES string of the molecule is CC(Oc1cc(-c2ncc(Cl)nc2N)c(F)cc1C(=O)Nc1c(F)cccc1Cl)C(F)(F)F. The first-order valence-electron chi connectivity index (χ1n) is 8.99. The number of alkyl halides is 3. The topological polar surface area (TPSA) is 90.1 Å². The van der Waals surface area contributed by atoms with E-state index in [1.165, 1.54) is 12.1 Å². The monoisotopic (exact) mass is 506 g/mol. The van der Waals surface area contributed by atoms with Crippen molar-refractivity contribution in [3.05, 3.63) is 63.9 Å². The number of carbonyl (C=O) groups is 1. The zero-order valence-electron chi connectivity index (χ0n) is 16.5. The molecule has 1 heterocycles.